The summed E-state index contributed by atoms with van der Waals surface area (Å²) in [5.74, 6) is 12.6. The molecule has 6 nitrogen and oxygen atoms in total. The zero-order chi connectivity index (χ0) is 20.1. The molecule has 1 aromatic rings. The summed E-state index contributed by atoms with van der Waals surface area (Å²) >= 11 is 0. The maximum atomic E-state index is 11.9. The van der Waals surface area contributed by atoms with Gasteiger partial charge in [-0.25, -0.2) is 4.79 Å². The first-order valence-electron chi connectivity index (χ1n) is 9.53. The van der Waals surface area contributed by atoms with Gasteiger partial charge in [-0.05, 0) is 51.3 Å². The van der Waals surface area contributed by atoms with Gasteiger partial charge in [0.2, 0.25) is 0 Å². The summed E-state index contributed by atoms with van der Waals surface area (Å²) in [5, 5.41) is 3.87. The topological polar surface area (TPSA) is 80.3 Å². The van der Waals surface area contributed by atoms with Crippen molar-refractivity contribution in [3.63, 3.8) is 0 Å². The Morgan fingerprint density at radius 1 is 1.43 bits per heavy atom. The van der Waals surface area contributed by atoms with Gasteiger partial charge in [0.05, 0.1) is 13.1 Å². The van der Waals surface area contributed by atoms with Crippen molar-refractivity contribution in [3.8, 4) is 11.8 Å². The molecule has 28 heavy (non-hydrogen) atoms. The van der Waals surface area contributed by atoms with Crippen molar-refractivity contribution in [2.24, 2.45) is 21.9 Å². The van der Waals surface area contributed by atoms with Crippen LogP contribution in [0.4, 0.5) is 4.79 Å². The molecule has 0 aromatic heterocycles. The molecule has 1 saturated carbocycles. The Labute approximate surface area is 166 Å². The van der Waals surface area contributed by atoms with Crippen LogP contribution in [0.25, 0.3) is 0 Å². The number of carbonyl (C=O) groups excluding carboxylic acids is 1. The minimum absolute atomic E-state index is 0.279. The van der Waals surface area contributed by atoms with Gasteiger partial charge in [0.25, 0.3) is 0 Å². The maximum absolute atomic E-state index is 11.9. The van der Waals surface area contributed by atoms with Crippen LogP contribution < -0.4 is 5.84 Å². The van der Waals surface area contributed by atoms with Gasteiger partial charge in [-0.15, -0.1) is 0 Å². The fraction of sp³-hybridized carbons (Fsp3) is 0.409. The minimum Gasteiger partial charge on any atom is -0.442 e. The smallest absolute Gasteiger partial charge is 0.414 e. The van der Waals surface area contributed by atoms with Gasteiger partial charge >= 0.3 is 6.09 Å². The SMILES string of the molecule is C/C=C(\C)N1CC(CN=C/C(=N\N)c2ccc(C#CC3CC3)cc2C)OC1=O. The van der Waals surface area contributed by atoms with E-state index in [9.17, 15) is 4.79 Å². The van der Waals surface area contributed by atoms with Crippen LogP contribution in [0, 0.1) is 24.7 Å². The van der Waals surface area contributed by atoms with Crippen LogP contribution in [0.15, 0.2) is 40.1 Å². The Bertz CT molecular complexity index is 901. The van der Waals surface area contributed by atoms with Gasteiger partial charge < -0.3 is 10.6 Å². The molecule has 1 unspecified atom stereocenters. The van der Waals surface area contributed by atoms with Gasteiger partial charge in [-0.2, -0.15) is 5.10 Å². The number of ether oxygens (including phenoxy) is 1. The molecular weight excluding hydrogens is 352 g/mol. The Kier molecular flexibility index (Phi) is 6.15. The van der Waals surface area contributed by atoms with E-state index in [-0.39, 0.29) is 12.2 Å². The largest absolute Gasteiger partial charge is 0.442 e. The van der Waals surface area contributed by atoms with E-state index >= 15 is 0 Å². The first-order chi connectivity index (χ1) is 13.5. The highest BCUT2D eigenvalue weighted by atomic mass is 16.6. The first kappa shape index (κ1) is 19.7. The summed E-state index contributed by atoms with van der Waals surface area (Å²) in [6, 6.07) is 5.99. The van der Waals surface area contributed by atoms with E-state index in [4.69, 9.17) is 10.6 Å². The maximum Gasteiger partial charge on any atom is 0.414 e. The number of nitrogens with zero attached hydrogens (tertiary/aromatic N) is 3. The molecule has 2 fully saturated rings. The molecule has 1 aliphatic carbocycles. The predicted octanol–water partition coefficient (Wildman–Crippen LogP) is 3.23. The van der Waals surface area contributed by atoms with E-state index in [1.165, 1.54) is 12.8 Å². The highest BCUT2D eigenvalue weighted by Crippen LogP contribution is 2.27. The van der Waals surface area contributed by atoms with Crippen molar-refractivity contribution in [1.29, 1.82) is 0 Å². The minimum atomic E-state index is -0.331. The van der Waals surface area contributed by atoms with Crippen molar-refractivity contribution in [3.05, 3.63) is 46.7 Å². The highest BCUT2D eigenvalue weighted by Gasteiger charge is 2.31. The number of hydrogen-bond acceptors (Lipinski definition) is 5. The van der Waals surface area contributed by atoms with Crippen LogP contribution in [0.1, 0.15) is 43.4 Å². The Balaban J connectivity index is 1.63. The molecular formula is C22H26N4O2. The summed E-state index contributed by atoms with van der Waals surface area (Å²) in [6.45, 7) is 6.64. The molecule has 2 N–H and O–H groups in total. The molecule has 0 bridgehead atoms. The number of aryl methyl sites for hydroxylation is 1. The monoisotopic (exact) mass is 378 g/mol. The van der Waals surface area contributed by atoms with E-state index in [1.807, 2.05) is 45.0 Å². The van der Waals surface area contributed by atoms with Crippen LogP contribution in [0.3, 0.4) is 0 Å². The van der Waals surface area contributed by atoms with Gasteiger partial charge in [0, 0.05) is 29.0 Å². The summed E-state index contributed by atoms with van der Waals surface area (Å²) in [4.78, 5) is 17.9. The van der Waals surface area contributed by atoms with Crippen LogP contribution >= 0.6 is 0 Å². The van der Waals surface area contributed by atoms with E-state index in [0.29, 0.717) is 24.7 Å². The quantitative estimate of drug-likeness (QED) is 0.370. The van der Waals surface area contributed by atoms with Crippen molar-refractivity contribution in [1.82, 2.24) is 4.90 Å². The van der Waals surface area contributed by atoms with Crippen LogP contribution in [-0.2, 0) is 4.74 Å². The second-order valence-electron chi connectivity index (χ2n) is 7.13. The molecule has 1 aliphatic heterocycles. The van der Waals surface area contributed by atoms with Crippen LogP contribution in [0.5, 0.6) is 0 Å². The van der Waals surface area contributed by atoms with Crippen LogP contribution in [-0.4, -0.2) is 42.1 Å². The van der Waals surface area contributed by atoms with E-state index in [1.54, 1.807) is 11.1 Å². The number of hydrogen-bond donors (Lipinski definition) is 1. The molecule has 3 rings (SSSR count). The first-order valence-corrected chi connectivity index (χ1v) is 9.53. The van der Waals surface area contributed by atoms with Gasteiger partial charge in [0.15, 0.2) is 0 Å². The van der Waals surface area contributed by atoms with Gasteiger partial charge in [-0.3, -0.25) is 9.89 Å². The number of rotatable bonds is 5. The zero-order valence-electron chi connectivity index (χ0n) is 16.6. The Hall–Kier alpha value is -3.07. The predicted molar refractivity (Wildman–Crippen MR) is 111 cm³/mol. The summed E-state index contributed by atoms with van der Waals surface area (Å²) in [6.07, 6.45) is 5.34. The zero-order valence-corrected chi connectivity index (χ0v) is 16.6. The number of carbonyl (C=O) groups is 1. The lowest BCUT2D eigenvalue weighted by atomic mass is 10.0. The molecule has 1 heterocycles. The van der Waals surface area contributed by atoms with E-state index < -0.39 is 0 Å². The normalized spacial score (nSPS) is 20.3. The number of benzene rings is 1. The third kappa shape index (κ3) is 4.80. The summed E-state index contributed by atoms with van der Waals surface area (Å²) in [7, 11) is 0. The van der Waals surface area contributed by atoms with E-state index in [2.05, 4.69) is 21.9 Å². The third-order valence-electron chi connectivity index (χ3n) is 4.88. The molecule has 1 atom stereocenters. The molecule has 1 saturated heterocycles. The number of nitrogens with two attached hydrogens (primary N) is 1. The number of aliphatic imine (C=N–C) groups is 1. The van der Waals surface area contributed by atoms with Crippen LogP contribution in [0.2, 0.25) is 0 Å². The lowest BCUT2D eigenvalue weighted by molar-refractivity contribution is 0.138. The lowest BCUT2D eigenvalue weighted by Crippen LogP contribution is -2.23. The fourth-order valence-electron chi connectivity index (χ4n) is 2.93. The summed E-state index contributed by atoms with van der Waals surface area (Å²) < 4.78 is 5.35. The molecule has 0 radical (unpaired) electrons. The van der Waals surface area contributed by atoms with Gasteiger partial charge in [0.1, 0.15) is 11.8 Å². The highest BCUT2D eigenvalue weighted by molar-refractivity contribution is 6.38. The van der Waals surface area contributed by atoms with E-state index in [0.717, 1.165) is 22.4 Å². The Morgan fingerprint density at radius 2 is 2.21 bits per heavy atom. The molecule has 146 valence electrons. The van der Waals surface area contributed by atoms with Crippen molar-refractivity contribution in [2.45, 2.75) is 39.7 Å². The molecule has 2 aliphatic rings. The molecule has 1 amide bonds. The van der Waals surface area contributed by atoms with Crippen molar-refractivity contribution < 1.29 is 9.53 Å². The second-order valence-corrected chi connectivity index (χ2v) is 7.13. The van der Waals surface area contributed by atoms with Crippen molar-refractivity contribution in [2.75, 3.05) is 13.1 Å². The average molecular weight is 378 g/mol. The molecule has 1 aromatic carbocycles. The number of allylic oxidation sites excluding steroid dienone is 2. The number of amides is 1. The molecule has 0 spiro atoms. The molecule has 6 heteroatoms. The van der Waals surface area contributed by atoms with Gasteiger partial charge in [-0.1, -0.05) is 24.0 Å². The lowest BCUT2D eigenvalue weighted by Gasteiger charge is -2.12. The van der Waals surface area contributed by atoms with Crippen molar-refractivity contribution >= 4 is 18.0 Å². The third-order valence-corrected chi connectivity index (χ3v) is 4.88. The second kappa shape index (κ2) is 8.75. The Morgan fingerprint density at radius 3 is 2.86 bits per heavy atom. The number of hydrazone groups is 1. The fourth-order valence-corrected chi connectivity index (χ4v) is 2.93. The summed E-state index contributed by atoms with van der Waals surface area (Å²) in [5.41, 5.74) is 4.42. The average Bonchev–Trinajstić information content (AvgIpc) is 3.45. The standard InChI is InChI=1S/C22H26N4O2/c1-4-16(3)26-14-19(28-22(26)27)12-24-13-21(25-23)20-10-9-18(11-15(20)2)8-7-17-5-6-17/h4,9-11,13,17,19H,5-6,12,14,23H2,1-3H3/b16-4+,24-13?,25-21+. The number of cyclic esters (lactones) is 1.